The number of hydrogen-bond acceptors (Lipinski definition) is 4. The van der Waals surface area contributed by atoms with Crippen molar-refractivity contribution in [3.63, 3.8) is 0 Å². The number of para-hydroxylation sites is 4. The molecule has 8 aromatic rings. The maximum absolute atomic E-state index is 7.07. The van der Waals surface area contributed by atoms with Crippen LogP contribution < -0.4 is 11.5 Å². The molecule has 0 spiro atoms. The lowest BCUT2D eigenvalue weighted by Crippen LogP contribution is -2.27. The minimum absolute atomic E-state index is 0.475. The Labute approximate surface area is 242 Å². The van der Waals surface area contributed by atoms with Crippen molar-refractivity contribution in [2.24, 2.45) is 11.5 Å². The van der Waals surface area contributed by atoms with E-state index in [1.165, 1.54) is 0 Å². The number of fused-ring (bicyclic) bond motifs is 6. The monoisotopic (exact) mass is 544 g/mol. The molecule has 0 aliphatic heterocycles. The molecule has 0 bridgehead atoms. The highest BCUT2D eigenvalue weighted by molar-refractivity contribution is 6.10. The molecule has 0 saturated heterocycles. The Kier molecular flexibility index (Phi) is 5.71. The minimum atomic E-state index is -0.475. The normalized spacial score (nSPS) is 13.3. The summed E-state index contributed by atoms with van der Waals surface area (Å²) < 4.78 is 12.8. The molecule has 2 aromatic heterocycles. The summed E-state index contributed by atoms with van der Waals surface area (Å²) in [5.41, 5.74) is 23.5. The summed E-state index contributed by atoms with van der Waals surface area (Å²) in [5, 5.41) is 4.36. The van der Waals surface area contributed by atoms with Gasteiger partial charge in [0.2, 0.25) is 0 Å². The van der Waals surface area contributed by atoms with Gasteiger partial charge in [0.15, 0.2) is 0 Å². The maximum atomic E-state index is 7.07. The predicted octanol–water partition coefficient (Wildman–Crippen LogP) is 9.52. The summed E-state index contributed by atoms with van der Waals surface area (Å²) in [6, 6.07) is 44.3. The average molecular weight is 545 g/mol. The van der Waals surface area contributed by atoms with E-state index < -0.39 is 12.1 Å². The second kappa shape index (κ2) is 9.74. The van der Waals surface area contributed by atoms with Crippen molar-refractivity contribution in [1.29, 1.82) is 0 Å². The van der Waals surface area contributed by atoms with Crippen molar-refractivity contribution < 1.29 is 8.83 Å². The van der Waals surface area contributed by atoms with Crippen LogP contribution in [-0.4, -0.2) is 0 Å². The highest BCUT2D eigenvalue weighted by Gasteiger charge is 2.25. The first kappa shape index (κ1) is 24.6. The van der Waals surface area contributed by atoms with E-state index in [0.717, 1.165) is 77.3 Å². The first-order valence-electron chi connectivity index (χ1n) is 14.2. The van der Waals surface area contributed by atoms with Crippen molar-refractivity contribution in [2.45, 2.75) is 12.1 Å². The van der Waals surface area contributed by atoms with Crippen molar-refractivity contribution in [1.82, 2.24) is 0 Å². The smallest absolute Gasteiger partial charge is 0.143 e. The third kappa shape index (κ3) is 3.77. The van der Waals surface area contributed by atoms with Crippen LogP contribution in [0.1, 0.15) is 23.2 Å². The fraction of sp³-hybridized carbons (Fsp3) is 0.0526. The molecule has 0 amide bonds. The van der Waals surface area contributed by atoms with Gasteiger partial charge in [-0.3, -0.25) is 0 Å². The Balaban J connectivity index is 1.25. The number of furan rings is 2. The Morgan fingerprint density at radius 1 is 0.357 bits per heavy atom. The molecule has 0 unspecified atom stereocenters. The van der Waals surface area contributed by atoms with Gasteiger partial charge in [-0.2, -0.15) is 0 Å². The van der Waals surface area contributed by atoms with Crippen LogP contribution in [0.2, 0.25) is 0 Å². The van der Waals surface area contributed by atoms with E-state index in [9.17, 15) is 0 Å². The average Bonchev–Trinajstić information content (AvgIpc) is 3.63. The van der Waals surface area contributed by atoms with Crippen LogP contribution in [0.15, 0.2) is 142 Å². The molecule has 0 aliphatic rings. The van der Waals surface area contributed by atoms with E-state index in [1.54, 1.807) is 0 Å². The van der Waals surface area contributed by atoms with Crippen molar-refractivity contribution in [3.8, 4) is 22.3 Å². The summed E-state index contributed by atoms with van der Waals surface area (Å²) in [7, 11) is 0. The molecule has 4 heteroatoms. The molecule has 4 N–H and O–H groups in total. The van der Waals surface area contributed by atoms with Crippen molar-refractivity contribution in [2.75, 3.05) is 0 Å². The second-order valence-corrected chi connectivity index (χ2v) is 10.8. The van der Waals surface area contributed by atoms with Gasteiger partial charge in [-0.05, 0) is 34.4 Å². The van der Waals surface area contributed by atoms with Crippen LogP contribution in [0.3, 0.4) is 0 Å². The van der Waals surface area contributed by atoms with Crippen molar-refractivity contribution >= 4 is 43.9 Å². The lowest BCUT2D eigenvalue weighted by molar-refractivity contribution is 0.576. The van der Waals surface area contributed by atoms with Gasteiger partial charge >= 0.3 is 0 Å². The lowest BCUT2D eigenvalue weighted by atomic mass is 9.85. The SMILES string of the molecule is N[C@@H](c1ccccc1-c1cccc2c1oc1ccccc12)[C@@H](N)c1ccccc1-c1cccc2c1oc1ccccc12. The number of hydrogen-bond donors (Lipinski definition) is 2. The fourth-order valence-electron chi connectivity index (χ4n) is 6.37. The van der Waals surface area contributed by atoms with Crippen LogP contribution in [0.4, 0.5) is 0 Å². The highest BCUT2D eigenvalue weighted by atomic mass is 16.3. The van der Waals surface area contributed by atoms with E-state index in [-0.39, 0.29) is 0 Å². The second-order valence-electron chi connectivity index (χ2n) is 10.8. The standard InChI is InChI=1S/C38H28N2O2/c39-35(27-15-3-1-11-23(27)29-17-9-19-31-25-13-5-7-21-33(25)41-37(29)31)36(40)28-16-4-2-12-24(28)30-18-10-20-32-26-14-6-8-22-34(26)42-38(30)32/h1-22,35-36H,39-40H2/t35-,36-/m0/s1. The van der Waals surface area contributed by atoms with Crippen LogP contribution in [-0.2, 0) is 0 Å². The van der Waals surface area contributed by atoms with E-state index in [1.807, 2.05) is 60.7 Å². The van der Waals surface area contributed by atoms with Gasteiger partial charge in [0.1, 0.15) is 22.3 Å². The Hall–Kier alpha value is -5.16. The molecular formula is C38H28N2O2. The molecule has 2 atom stereocenters. The van der Waals surface area contributed by atoms with E-state index >= 15 is 0 Å². The molecule has 0 fully saturated rings. The first-order chi connectivity index (χ1) is 20.7. The molecule has 0 saturated carbocycles. The van der Waals surface area contributed by atoms with E-state index in [0.29, 0.717) is 0 Å². The Morgan fingerprint density at radius 3 is 1.19 bits per heavy atom. The maximum Gasteiger partial charge on any atom is 0.143 e. The molecule has 0 aliphatic carbocycles. The summed E-state index contributed by atoms with van der Waals surface area (Å²) >= 11 is 0. The van der Waals surface area contributed by atoms with Gasteiger partial charge in [-0.1, -0.05) is 121 Å². The van der Waals surface area contributed by atoms with Gasteiger partial charge in [0, 0.05) is 44.8 Å². The van der Waals surface area contributed by atoms with Crippen molar-refractivity contribution in [3.05, 3.63) is 145 Å². The molecule has 2 heterocycles. The molecular weight excluding hydrogens is 516 g/mol. The molecule has 6 aromatic carbocycles. The number of nitrogens with two attached hydrogens (primary N) is 2. The highest BCUT2D eigenvalue weighted by Crippen LogP contribution is 2.42. The predicted molar refractivity (Wildman–Crippen MR) is 172 cm³/mol. The lowest BCUT2D eigenvalue weighted by Gasteiger charge is -2.25. The Bertz CT molecular complexity index is 2100. The zero-order chi connectivity index (χ0) is 28.2. The first-order valence-corrected chi connectivity index (χ1v) is 14.2. The van der Waals surface area contributed by atoms with Crippen LogP contribution >= 0.6 is 0 Å². The van der Waals surface area contributed by atoms with Gasteiger partial charge < -0.3 is 20.3 Å². The largest absolute Gasteiger partial charge is 0.455 e. The number of benzene rings is 6. The van der Waals surface area contributed by atoms with Crippen LogP contribution in [0, 0.1) is 0 Å². The molecule has 42 heavy (non-hydrogen) atoms. The molecule has 8 rings (SSSR count). The molecule has 202 valence electrons. The fourth-order valence-corrected chi connectivity index (χ4v) is 6.37. The summed E-state index contributed by atoms with van der Waals surface area (Å²) in [6.45, 7) is 0. The van der Waals surface area contributed by atoms with Gasteiger partial charge in [0.05, 0.1) is 0 Å². The van der Waals surface area contributed by atoms with Gasteiger partial charge in [0.25, 0.3) is 0 Å². The quantitative estimate of drug-likeness (QED) is 0.226. The third-order valence-corrected chi connectivity index (χ3v) is 8.42. The van der Waals surface area contributed by atoms with Gasteiger partial charge in [-0.15, -0.1) is 0 Å². The third-order valence-electron chi connectivity index (χ3n) is 8.42. The van der Waals surface area contributed by atoms with Gasteiger partial charge in [-0.25, -0.2) is 0 Å². The summed E-state index contributed by atoms with van der Waals surface area (Å²) in [6.07, 6.45) is 0. The summed E-state index contributed by atoms with van der Waals surface area (Å²) in [4.78, 5) is 0. The Morgan fingerprint density at radius 2 is 0.714 bits per heavy atom. The van der Waals surface area contributed by atoms with E-state index in [4.69, 9.17) is 20.3 Å². The minimum Gasteiger partial charge on any atom is -0.455 e. The number of rotatable bonds is 5. The molecule has 0 radical (unpaired) electrons. The zero-order valence-corrected chi connectivity index (χ0v) is 22.8. The molecule has 4 nitrogen and oxygen atoms in total. The topological polar surface area (TPSA) is 78.3 Å². The zero-order valence-electron chi connectivity index (χ0n) is 22.8. The summed E-state index contributed by atoms with van der Waals surface area (Å²) in [5.74, 6) is 0. The van der Waals surface area contributed by atoms with Crippen LogP contribution in [0.5, 0.6) is 0 Å². The van der Waals surface area contributed by atoms with Crippen LogP contribution in [0.25, 0.3) is 66.1 Å². The van der Waals surface area contributed by atoms with E-state index in [2.05, 4.69) is 72.8 Å².